The predicted molar refractivity (Wildman–Crippen MR) is 116 cm³/mol. The standard InChI is InChI=1S/C25H26N2O/c1-16-14-17(2)19(4)22(18(16)3)15-27-24-9-7-6-8-23(24)26-25(27)20-10-12-21(28-5)13-11-20/h6-14H,15H2,1-5H3. The van der Waals surface area contributed by atoms with E-state index >= 15 is 0 Å². The molecule has 0 aliphatic rings. The maximum absolute atomic E-state index is 5.32. The van der Waals surface area contributed by atoms with Crippen LogP contribution in [0, 0.1) is 27.7 Å². The summed E-state index contributed by atoms with van der Waals surface area (Å²) in [6, 6.07) is 18.8. The third kappa shape index (κ3) is 3.07. The van der Waals surface area contributed by atoms with Crippen LogP contribution in [0.25, 0.3) is 22.4 Å². The lowest BCUT2D eigenvalue weighted by Gasteiger charge is -2.18. The molecule has 0 saturated carbocycles. The van der Waals surface area contributed by atoms with Gasteiger partial charge in [0.05, 0.1) is 24.7 Å². The molecule has 28 heavy (non-hydrogen) atoms. The lowest BCUT2D eigenvalue weighted by molar-refractivity contribution is 0.415. The SMILES string of the molecule is COc1ccc(-c2nc3ccccc3n2Cc2c(C)c(C)cc(C)c2C)cc1. The van der Waals surface area contributed by atoms with E-state index in [9.17, 15) is 0 Å². The molecule has 0 amide bonds. The number of para-hydroxylation sites is 2. The highest BCUT2D eigenvalue weighted by molar-refractivity contribution is 5.81. The highest BCUT2D eigenvalue weighted by atomic mass is 16.5. The smallest absolute Gasteiger partial charge is 0.141 e. The summed E-state index contributed by atoms with van der Waals surface area (Å²) in [4.78, 5) is 4.96. The first-order chi connectivity index (χ1) is 13.5. The zero-order valence-electron chi connectivity index (χ0n) is 17.2. The van der Waals surface area contributed by atoms with Crippen molar-refractivity contribution in [3.63, 3.8) is 0 Å². The normalized spacial score (nSPS) is 11.2. The van der Waals surface area contributed by atoms with Crippen molar-refractivity contribution in [1.82, 2.24) is 9.55 Å². The molecule has 142 valence electrons. The number of aromatic nitrogens is 2. The Labute approximate surface area is 166 Å². The van der Waals surface area contributed by atoms with E-state index in [0.717, 1.165) is 34.7 Å². The van der Waals surface area contributed by atoms with Crippen molar-refractivity contribution < 1.29 is 4.74 Å². The van der Waals surface area contributed by atoms with Gasteiger partial charge in [-0.05, 0) is 91.9 Å². The van der Waals surface area contributed by atoms with Gasteiger partial charge >= 0.3 is 0 Å². The van der Waals surface area contributed by atoms with Gasteiger partial charge in [0, 0.05) is 5.56 Å². The van der Waals surface area contributed by atoms with Gasteiger partial charge in [0.2, 0.25) is 0 Å². The van der Waals surface area contributed by atoms with Crippen LogP contribution in [0.1, 0.15) is 27.8 Å². The van der Waals surface area contributed by atoms with Crippen molar-refractivity contribution in [2.24, 2.45) is 0 Å². The van der Waals surface area contributed by atoms with Crippen LogP contribution in [-0.2, 0) is 6.54 Å². The average Bonchev–Trinajstić information content (AvgIpc) is 3.08. The molecule has 0 fully saturated rings. The van der Waals surface area contributed by atoms with Crippen molar-refractivity contribution in [2.75, 3.05) is 7.11 Å². The Hall–Kier alpha value is -3.07. The minimum atomic E-state index is 0.808. The van der Waals surface area contributed by atoms with Crippen molar-refractivity contribution in [2.45, 2.75) is 34.2 Å². The molecule has 0 N–H and O–H groups in total. The molecule has 3 nitrogen and oxygen atoms in total. The summed E-state index contributed by atoms with van der Waals surface area (Å²) in [5.74, 6) is 1.84. The van der Waals surface area contributed by atoms with Gasteiger partial charge in [-0.1, -0.05) is 18.2 Å². The van der Waals surface area contributed by atoms with Crippen molar-refractivity contribution in [3.8, 4) is 17.1 Å². The molecular formula is C25H26N2O. The molecule has 3 heteroatoms. The maximum atomic E-state index is 5.32. The molecule has 4 rings (SSSR count). The van der Waals surface area contributed by atoms with E-state index in [-0.39, 0.29) is 0 Å². The number of ether oxygens (including phenoxy) is 1. The van der Waals surface area contributed by atoms with E-state index in [4.69, 9.17) is 9.72 Å². The highest BCUT2D eigenvalue weighted by Crippen LogP contribution is 2.30. The summed E-state index contributed by atoms with van der Waals surface area (Å²) in [6.07, 6.45) is 0. The number of hydrogen-bond donors (Lipinski definition) is 0. The number of methoxy groups -OCH3 is 1. The number of benzene rings is 3. The molecule has 0 unspecified atom stereocenters. The van der Waals surface area contributed by atoms with Crippen molar-refractivity contribution in [3.05, 3.63) is 82.4 Å². The second kappa shape index (κ2) is 7.16. The lowest BCUT2D eigenvalue weighted by Crippen LogP contribution is -2.07. The molecule has 0 atom stereocenters. The number of fused-ring (bicyclic) bond motifs is 1. The van der Waals surface area contributed by atoms with Crippen LogP contribution in [0.5, 0.6) is 5.75 Å². The first kappa shape index (κ1) is 18.3. The van der Waals surface area contributed by atoms with Crippen LogP contribution in [0.4, 0.5) is 0 Å². The van der Waals surface area contributed by atoms with Crippen LogP contribution in [0.3, 0.4) is 0 Å². The van der Waals surface area contributed by atoms with Crippen molar-refractivity contribution in [1.29, 1.82) is 0 Å². The Morgan fingerprint density at radius 3 is 2.14 bits per heavy atom. The number of aryl methyl sites for hydroxylation is 2. The molecule has 0 aliphatic heterocycles. The number of hydrogen-bond acceptors (Lipinski definition) is 2. The van der Waals surface area contributed by atoms with Gasteiger partial charge in [0.25, 0.3) is 0 Å². The molecule has 0 aliphatic carbocycles. The van der Waals surface area contributed by atoms with Gasteiger partial charge < -0.3 is 9.30 Å². The summed E-state index contributed by atoms with van der Waals surface area (Å²) in [7, 11) is 1.69. The van der Waals surface area contributed by atoms with Crippen LogP contribution in [-0.4, -0.2) is 16.7 Å². The highest BCUT2D eigenvalue weighted by Gasteiger charge is 2.16. The Balaban J connectivity index is 1.91. The average molecular weight is 370 g/mol. The minimum Gasteiger partial charge on any atom is -0.497 e. The van der Waals surface area contributed by atoms with Gasteiger partial charge in [-0.3, -0.25) is 0 Å². The molecule has 3 aromatic carbocycles. The fourth-order valence-electron chi connectivity index (χ4n) is 3.89. The van der Waals surface area contributed by atoms with Gasteiger partial charge in [-0.15, -0.1) is 0 Å². The molecule has 0 radical (unpaired) electrons. The van der Waals surface area contributed by atoms with Gasteiger partial charge in [0.1, 0.15) is 11.6 Å². The summed E-state index contributed by atoms with van der Waals surface area (Å²) >= 11 is 0. The fraction of sp³-hybridized carbons (Fsp3) is 0.240. The number of rotatable bonds is 4. The quantitative estimate of drug-likeness (QED) is 0.441. The Morgan fingerprint density at radius 1 is 0.857 bits per heavy atom. The summed E-state index contributed by atoms with van der Waals surface area (Å²) in [5.41, 5.74) is 10.1. The molecule has 0 spiro atoms. The molecule has 0 saturated heterocycles. The summed E-state index contributed by atoms with van der Waals surface area (Å²) in [5, 5.41) is 0. The third-order valence-corrected chi connectivity index (χ3v) is 5.84. The van der Waals surface area contributed by atoms with E-state index in [1.54, 1.807) is 7.11 Å². The second-order valence-electron chi connectivity index (χ2n) is 7.48. The zero-order valence-corrected chi connectivity index (χ0v) is 17.2. The molecular weight excluding hydrogens is 344 g/mol. The molecule has 0 bridgehead atoms. The predicted octanol–water partition coefficient (Wildman–Crippen LogP) is 5.99. The molecule has 4 aromatic rings. The molecule has 1 heterocycles. The lowest BCUT2D eigenvalue weighted by atomic mass is 9.94. The topological polar surface area (TPSA) is 27.1 Å². The number of imidazole rings is 1. The maximum Gasteiger partial charge on any atom is 0.141 e. The first-order valence-electron chi connectivity index (χ1n) is 9.65. The van der Waals surface area contributed by atoms with Crippen LogP contribution >= 0.6 is 0 Å². The van der Waals surface area contributed by atoms with E-state index in [0.29, 0.717) is 0 Å². The largest absolute Gasteiger partial charge is 0.497 e. The number of nitrogens with zero attached hydrogens (tertiary/aromatic N) is 2. The van der Waals surface area contributed by atoms with E-state index in [1.165, 1.54) is 27.8 Å². The van der Waals surface area contributed by atoms with Crippen LogP contribution < -0.4 is 4.74 Å². The van der Waals surface area contributed by atoms with E-state index in [2.05, 4.69) is 68.7 Å². The van der Waals surface area contributed by atoms with Gasteiger partial charge in [0.15, 0.2) is 0 Å². The Kier molecular flexibility index (Phi) is 4.68. The van der Waals surface area contributed by atoms with Gasteiger partial charge in [-0.25, -0.2) is 4.98 Å². The van der Waals surface area contributed by atoms with E-state index in [1.807, 2.05) is 18.2 Å². The van der Waals surface area contributed by atoms with Gasteiger partial charge in [-0.2, -0.15) is 0 Å². The fourth-order valence-corrected chi connectivity index (χ4v) is 3.89. The Morgan fingerprint density at radius 2 is 1.50 bits per heavy atom. The van der Waals surface area contributed by atoms with Crippen LogP contribution in [0.2, 0.25) is 0 Å². The van der Waals surface area contributed by atoms with E-state index < -0.39 is 0 Å². The first-order valence-corrected chi connectivity index (χ1v) is 9.65. The minimum absolute atomic E-state index is 0.808. The Bertz CT molecular complexity index is 1130. The zero-order chi connectivity index (χ0) is 19.8. The molecule has 1 aromatic heterocycles. The van der Waals surface area contributed by atoms with Crippen LogP contribution in [0.15, 0.2) is 54.6 Å². The monoisotopic (exact) mass is 370 g/mol. The van der Waals surface area contributed by atoms with Crippen molar-refractivity contribution >= 4 is 11.0 Å². The second-order valence-corrected chi connectivity index (χ2v) is 7.48. The summed E-state index contributed by atoms with van der Waals surface area (Å²) < 4.78 is 7.66. The third-order valence-electron chi connectivity index (χ3n) is 5.84. The summed E-state index contributed by atoms with van der Waals surface area (Å²) in [6.45, 7) is 9.65.